The fourth-order valence-corrected chi connectivity index (χ4v) is 7.73. The molecule has 1 fully saturated rings. The predicted octanol–water partition coefficient (Wildman–Crippen LogP) is 2.67. The molecule has 54 valence electrons. The third-order valence-corrected chi connectivity index (χ3v) is 10.5. The van der Waals surface area contributed by atoms with E-state index in [4.69, 9.17) is 0 Å². The van der Waals surface area contributed by atoms with Crippen LogP contribution in [-0.2, 0) is 0 Å². The van der Waals surface area contributed by atoms with Gasteiger partial charge in [-0.25, -0.2) is 0 Å². The molecule has 1 heterocycles. The van der Waals surface area contributed by atoms with Gasteiger partial charge in [0.25, 0.3) is 0 Å². The maximum atomic E-state index is 2.46. The van der Waals surface area contributed by atoms with Crippen LogP contribution in [0.5, 0.6) is 0 Å². The Balaban J connectivity index is 2.42. The summed E-state index contributed by atoms with van der Waals surface area (Å²) in [6.07, 6.45) is 0. The summed E-state index contributed by atoms with van der Waals surface area (Å²) in [6.45, 7) is 7.38. The van der Waals surface area contributed by atoms with Crippen molar-refractivity contribution in [3.63, 3.8) is 0 Å². The number of hydrogen-bond donors (Lipinski definition) is 0. The lowest BCUT2D eigenvalue weighted by Gasteiger charge is -2.22. The van der Waals surface area contributed by atoms with Crippen molar-refractivity contribution in [3.05, 3.63) is 0 Å². The van der Waals surface area contributed by atoms with E-state index in [2.05, 4.69) is 43.2 Å². The highest BCUT2D eigenvalue weighted by molar-refractivity contribution is 8.22. The van der Waals surface area contributed by atoms with Crippen LogP contribution in [0.15, 0.2) is 0 Å². The Kier molecular flexibility index (Phi) is 2.57. The summed E-state index contributed by atoms with van der Waals surface area (Å²) < 4.78 is 0.984. The minimum absolute atomic E-state index is 0.798. The molecule has 1 aliphatic heterocycles. The molecule has 1 aliphatic rings. The zero-order valence-corrected chi connectivity index (χ0v) is 8.94. The summed E-state index contributed by atoms with van der Waals surface area (Å²) in [7, 11) is -0.798. The highest BCUT2D eigenvalue weighted by Gasteiger charge is 2.30. The fourth-order valence-electron chi connectivity index (χ4n) is 0.858. The van der Waals surface area contributed by atoms with Crippen LogP contribution in [0.1, 0.15) is 0 Å². The zero-order chi connectivity index (χ0) is 6.91. The van der Waals surface area contributed by atoms with Crippen LogP contribution in [0.4, 0.5) is 0 Å². The summed E-state index contributed by atoms with van der Waals surface area (Å²) in [6, 6.07) is 0. The van der Waals surface area contributed by atoms with E-state index in [-0.39, 0.29) is 0 Å². The van der Waals surface area contributed by atoms with Gasteiger partial charge in [0.15, 0.2) is 0 Å². The molecule has 0 N–H and O–H groups in total. The van der Waals surface area contributed by atoms with Crippen molar-refractivity contribution in [1.29, 1.82) is 0 Å². The van der Waals surface area contributed by atoms with Gasteiger partial charge in [0, 0.05) is 15.7 Å². The molecule has 0 nitrogen and oxygen atoms in total. The first kappa shape index (κ1) is 8.02. The number of hydrogen-bond acceptors (Lipinski definition) is 2. The third kappa shape index (κ3) is 2.20. The molecule has 1 rings (SSSR count). The maximum Gasteiger partial charge on any atom is 0.0712 e. The molecule has 0 amide bonds. The molecule has 0 spiro atoms. The molecule has 3 heteroatoms. The SMILES string of the molecule is C[Si](C)(C)C1SCCS1. The van der Waals surface area contributed by atoms with E-state index in [9.17, 15) is 0 Å². The summed E-state index contributed by atoms with van der Waals surface area (Å²) >= 11 is 4.35. The zero-order valence-electron chi connectivity index (χ0n) is 6.31. The van der Waals surface area contributed by atoms with E-state index in [1.807, 2.05) is 0 Å². The fraction of sp³-hybridized carbons (Fsp3) is 1.00. The Hall–Kier alpha value is 0.917. The van der Waals surface area contributed by atoms with Gasteiger partial charge in [0.05, 0.1) is 8.07 Å². The second-order valence-corrected chi connectivity index (χ2v) is 12.3. The van der Waals surface area contributed by atoms with Crippen molar-refractivity contribution in [1.82, 2.24) is 0 Å². The van der Waals surface area contributed by atoms with E-state index >= 15 is 0 Å². The first-order valence-corrected chi connectivity index (χ1v) is 9.01. The summed E-state index contributed by atoms with van der Waals surface area (Å²) in [5, 5.41) is 0. The lowest BCUT2D eigenvalue weighted by molar-refractivity contribution is 1.59. The minimum Gasteiger partial charge on any atom is -0.150 e. The lowest BCUT2D eigenvalue weighted by Crippen LogP contribution is -2.31. The van der Waals surface area contributed by atoms with Gasteiger partial charge in [0.1, 0.15) is 0 Å². The topological polar surface area (TPSA) is 0 Å². The molecule has 0 aromatic heterocycles. The van der Waals surface area contributed by atoms with E-state index in [1.54, 1.807) is 0 Å². The third-order valence-electron chi connectivity index (χ3n) is 1.33. The van der Waals surface area contributed by atoms with E-state index < -0.39 is 8.07 Å². The Morgan fingerprint density at radius 3 is 1.78 bits per heavy atom. The second-order valence-electron chi connectivity index (χ2n) is 3.44. The molecule has 0 radical (unpaired) electrons. The molecule has 9 heavy (non-hydrogen) atoms. The Morgan fingerprint density at radius 2 is 1.56 bits per heavy atom. The second kappa shape index (κ2) is 2.89. The average Bonchev–Trinajstić information content (AvgIpc) is 2.08. The van der Waals surface area contributed by atoms with Gasteiger partial charge in [-0.2, -0.15) is 23.5 Å². The largest absolute Gasteiger partial charge is 0.150 e. The monoisotopic (exact) mass is 178 g/mol. The molecular weight excluding hydrogens is 164 g/mol. The van der Waals surface area contributed by atoms with Gasteiger partial charge >= 0.3 is 0 Å². The van der Waals surface area contributed by atoms with Crippen molar-refractivity contribution in [3.8, 4) is 0 Å². The van der Waals surface area contributed by atoms with Crippen LogP contribution in [0.3, 0.4) is 0 Å². The Morgan fingerprint density at radius 1 is 1.11 bits per heavy atom. The van der Waals surface area contributed by atoms with Crippen LogP contribution < -0.4 is 0 Å². The van der Waals surface area contributed by atoms with Crippen molar-refractivity contribution in [2.45, 2.75) is 23.8 Å². The molecule has 0 atom stereocenters. The first-order chi connectivity index (χ1) is 4.11. The molecule has 0 aliphatic carbocycles. The summed E-state index contributed by atoms with van der Waals surface area (Å²) in [4.78, 5) is 0. The normalized spacial score (nSPS) is 23.0. The van der Waals surface area contributed by atoms with Crippen LogP contribution >= 0.6 is 23.5 Å². The molecule has 0 saturated carbocycles. The van der Waals surface area contributed by atoms with Crippen molar-refractivity contribution in [2.24, 2.45) is 0 Å². The van der Waals surface area contributed by atoms with Crippen molar-refractivity contribution >= 4 is 31.6 Å². The average molecular weight is 178 g/mol. The van der Waals surface area contributed by atoms with Gasteiger partial charge in [0.2, 0.25) is 0 Å². The maximum absolute atomic E-state index is 2.46. The molecule has 0 aromatic carbocycles. The molecule has 1 saturated heterocycles. The Labute approximate surface area is 67.2 Å². The van der Waals surface area contributed by atoms with Crippen LogP contribution in [0, 0.1) is 0 Å². The van der Waals surface area contributed by atoms with Gasteiger partial charge in [-0.1, -0.05) is 19.6 Å². The first-order valence-electron chi connectivity index (χ1n) is 3.34. The lowest BCUT2D eigenvalue weighted by atomic mass is 11.0. The summed E-state index contributed by atoms with van der Waals surface area (Å²) in [5.74, 6) is 2.78. The molecule has 0 unspecified atom stereocenters. The molecular formula is C6H14S2Si. The smallest absolute Gasteiger partial charge is 0.0712 e. The van der Waals surface area contributed by atoms with E-state index in [0.717, 1.165) is 4.21 Å². The highest BCUT2D eigenvalue weighted by Crippen LogP contribution is 2.38. The molecule has 0 bridgehead atoms. The van der Waals surface area contributed by atoms with Crippen molar-refractivity contribution < 1.29 is 0 Å². The van der Waals surface area contributed by atoms with Crippen molar-refractivity contribution in [2.75, 3.05) is 11.5 Å². The van der Waals surface area contributed by atoms with Gasteiger partial charge in [-0.3, -0.25) is 0 Å². The van der Waals surface area contributed by atoms with Crippen LogP contribution in [0.25, 0.3) is 0 Å². The highest BCUT2D eigenvalue weighted by atomic mass is 32.2. The standard InChI is InChI=1S/C6H14S2Si/c1-9(2,3)6-7-4-5-8-6/h6H,4-5H2,1-3H3. The molecule has 0 aromatic rings. The summed E-state index contributed by atoms with van der Waals surface area (Å²) in [5.41, 5.74) is 0. The number of thioether (sulfide) groups is 2. The van der Waals surface area contributed by atoms with Gasteiger partial charge in [-0.05, 0) is 0 Å². The minimum atomic E-state index is -0.798. The quantitative estimate of drug-likeness (QED) is 0.566. The van der Waals surface area contributed by atoms with Crippen LogP contribution in [-0.4, -0.2) is 23.8 Å². The van der Waals surface area contributed by atoms with Gasteiger partial charge < -0.3 is 0 Å². The number of rotatable bonds is 1. The van der Waals surface area contributed by atoms with E-state index in [0.29, 0.717) is 0 Å². The van der Waals surface area contributed by atoms with E-state index in [1.165, 1.54) is 11.5 Å². The Bertz CT molecular complexity index is 91.7. The van der Waals surface area contributed by atoms with Crippen LogP contribution in [0.2, 0.25) is 19.6 Å². The predicted molar refractivity (Wildman–Crippen MR) is 52.1 cm³/mol. The van der Waals surface area contributed by atoms with Gasteiger partial charge in [-0.15, -0.1) is 0 Å².